The Morgan fingerprint density at radius 2 is 1.25 bits per heavy atom. The van der Waals surface area contributed by atoms with Crippen LogP contribution in [0.2, 0.25) is 0 Å². The van der Waals surface area contributed by atoms with Gasteiger partial charge in [-0.25, -0.2) is 4.79 Å². The number of carbonyl (C=O) groups excluding carboxylic acids is 1. The maximum Gasteiger partial charge on any atom is 0.343 e. The number of benzene rings is 3. The molecule has 0 saturated heterocycles. The molecular formula is C36H46O4. The number of esters is 1. The summed E-state index contributed by atoms with van der Waals surface area (Å²) in [7, 11) is 0. The van der Waals surface area contributed by atoms with Gasteiger partial charge in [-0.2, -0.15) is 0 Å². The van der Waals surface area contributed by atoms with Gasteiger partial charge in [0.15, 0.2) is 0 Å². The lowest BCUT2D eigenvalue weighted by Crippen LogP contribution is -2.12. The fraction of sp³-hybridized carbons (Fsp3) is 0.472. The number of carbonyl (C=O) groups is 1. The van der Waals surface area contributed by atoms with Crippen LogP contribution in [0, 0.1) is 5.92 Å². The average Bonchev–Trinajstić information content (AvgIpc) is 2.99. The number of hydrogen-bond acceptors (Lipinski definition) is 4. The van der Waals surface area contributed by atoms with E-state index in [1.807, 2.05) is 24.3 Å². The van der Waals surface area contributed by atoms with Crippen molar-refractivity contribution in [3.8, 4) is 17.2 Å². The lowest BCUT2D eigenvalue weighted by Gasteiger charge is -2.26. The number of aryl methyl sites for hydroxylation is 1. The molecule has 4 rings (SSSR count). The first-order chi connectivity index (χ1) is 19.6. The van der Waals surface area contributed by atoms with Crippen LogP contribution in [-0.4, -0.2) is 19.2 Å². The van der Waals surface area contributed by atoms with Crippen LogP contribution < -0.4 is 14.2 Å². The smallest absolute Gasteiger partial charge is 0.343 e. The van der Waals surface area contributed by atoms with Crippen LogP contribution in [0.25, 0.3) is 0 Å². The predicted molar refractivity (Wildman–Crippen MR) is 163 cm³/mol. The molecule has 0 aromatic heterocycles. The van der Waals surface area contributed by atoms with E-state index in [4.69, 9.17) is 14.2 Å². The summed E-state index contributed by atoms with van der Waals surface area (Å²) >= 11 is 0. The zero-order valence-corrected chi connectivity index (χ0v) is 24.4. The van der Waals surface area contributed by atoms with Gasteiger partial charge >= 0.3 is 5.97 Å². The van der Waals surface area contributed by atoms with Gasteiger partial charge < -0.3 is 14.2 Å². The van der Waals surface area contributed by atoms with E-state index >= 15 is 0 Å². The zero-order valence-electron chi connectivity index (χ0n) is 24.4. The molecule has 0 atom stereocenters. The monoisotopic (exact) mass is 542 g/mol. The molecule has 1 saturated carbocycles. The minimum atomic E-state index is -0.338. The van der Waals surface area contributed by atoms with E-state index in [1.165, 1.54) is 68.9 Å². The molecule has 0 aliphatic heterocycles. The Kier molecular flexibility index (Phi) is 12.0. The Bertz CT molecular complexity index is 1130. The molecule has 4 nitrogen and oxygen atoms in total. The van der Waals surface area contributed by atoms with Crippen LogP contribution in [0.3, 0.4) is 0 Å². The van der Waals surface area contributed by atoms with Crippen LogP contribution in [-0.2, 0) is 6.42 Å². The Morgan fingerprint density at radius 1 is 0.675 bits per heavy atom. The minimum Gasteiger partial charge on any atom is -0.493 e. The van der Waals surface area contributed by atoms with Crippen molar-refractivity contribution < 1.29 is 19.0 Å². The van der Waals surface area contributed by atoms with Crippen molar-refractivity contribution in [2.45, 2.75) is 90.4 Å². The van der Waals surface area contributed by atoms with Gasteiger partial charge in [0, 0.05) is 6.42 Å². The summed E-state index contributed by atoms with van der Waals surface area (Å²) in [6, 6.07) is 23.6. The molecule has 0 unspecified atom stereocenters. The average molecular weight is 543 g/mol. The number of ether oxygens (including phenoxy) is 3. The molecule has 3 aromatic rings. The summed E-state index contributed by atoms with van der Waals surface area (Å²) in [4.78, 5) is 12.6. The van der Waals surface area contributed by atoms with Gasteiger partial charge in [-0.1, -0.05) is 76.6 Å². The summed E-state index contributed by atoms with van der Waals surface area (Å²) in [5, 5.41) is 0. The van der Waals surface area contributed by atoms with Crippen molar-refractivity contribution >= 4 is 5.97 Å². The first kappa shape index (κ1) is 29.7. The van der Waals surface area contributed by atoms with Crippen molar-refractivity contribution in [2.75, 3.05) is 13.2 Å². The van der Waals surface area contributed by atoms with E-state index in [0.29, 0.717) is 30.4 Å². The quantitative estimate of drug-likeness (QED) is 0.109. The maximum atomic E-state index is 12.6. The molecule has 1 aliphatic carbocycles. The Balaban J connectivity index is 1.11. The zero-order chi connectivity index (χ0) is 28.0. The summed E-state index contributed by atoms with van der Waals surface area (Å²) in [6.45, 7) is 5.74. The van der Waals surface area contributed by atoms with Crippen LogP contribution >= 0.6 is 0 Å². The minimum absolute atomic E-state index is 0.338. The molecule has 1 aliphatic rings. The number of hydrogen-bond donors (Lipinski definition) is 0. The van der Waals surface area contributed by atoms with Gasteiger partial charge in [-0.3, -0.25) is 0 Å². The third-order valence-corrected chi connectivity index (χ3v) is 7.99. The highest BCUT2D eigenvalue weighted by Crippen LogP contribution is 2.35. The summed E-state index contributed by atoms with van der Waals surface area (Å²) in [5.74, 6) is 3.26. The van der Waals surface area contributed by atoms with Crippen LogP contribution in [0.4, 0.5) is 0 Å². The maximum absolute atomic E-state index is 12.6. The highest BCUT2D eigenvalue weighted by molar-refractivity contribution is 5.91. The molecule has 1 fully saturated rings. The molecule has 0 heterocycles. The van der Waals surface area contributed by atoms with Crippen LogP contribution in [0.5, 0.6) is 17.2 Å². The van der Waals surface area contributed by atoms with Gasteiger partial charge in [0.2, 0.25) is 0 Å². The lowest BCUT2D eigenvalue weighted by atomic mass is 9.79. The standard InChI is InChI=1S/C36H46O4/c1-3-4-5-6-7-9-29-12-20-33(21-13-29)38-26-8-27-39-34-22-24-35(25-23-34)40-36(37)32-18-16-31(17-19-32)30-14-10-28(2)11-15-30/h12-13,16-25,28,30H,3-11,14-15,26-27H2,1-2H3. The van der Waals surface area contributed by atoms with E-state index in [-0.39, 0.29) is 5.97 Å². The molecule has 0 N–H and O–H groups in total. The van der Waals surface area contributed by atoms with E-state index in [2.05, 4.69) is 50.2 Å². The lowest BCUT2D eigenvalue weighted by molar-refractivity contribution is 0.0734. The summed E-state index contributed by atoms with van der Waals surface area (Å²) in [5.41, 5.74) is 3.28. The fourth-order valence-electron chi connectivity index (χ4n) is 5.38. The largest absolute Gasteiger partial charge is 0.493 e. The SMILES string of the molecule is CCCCCCCc1ccc(OCCCOc2ccc(OC(=O)c3ccc(C4CCC(C)CC4)cc3)cc2)cc1. The van der Waals surface area contributed by atoms with Gasteiger partial charge in [-0.15, -0.1) is 0 Å². The van der Waals surface area contributed by atoms with E-state index in [1.54, 1.807) is 12.1 Å². The molecular weight excluding hydrogens is 496 g/mol. The van der Waals surface area contributed by atoms with E-state index in [0.717, 1.165) is 30.3 Å². The molecule has 40 heavy (non-hydrogen) atoms. The molecule has 0 spiro atoms. The second-order valence-electron chi connectivity index (χ2n) is 11.3. The highest BCUT2D eigenvalue weighted by Gasteiger charge is 2.20. The van der Waals surface area contributed by atoms with Crippen molar-refractivity contribution in [1.82, 2.24) is 0 Å². The molecule has 4 heteroatoms. The van der Waals surface area contributed by atoms with Gasteiger partial charge in [0.1, 0.15) is 17.2 Å². The predicted octanol–water partition coefficient (Wildman–Crippen LogP) is 9.56. The van der Waals surface area contributed by atoms with Gasteiger partial charge in [0.25, 0.3) is 0 Å². The Labute approximate surface area is 241 Å². The van der Waals surface area contributed by atoms with Crippen LogP contribution in [0.1, 0.15) is 105 Å². The van der Waals surface area contributed by atoms with Crippen LogP contribution in [0.15, 0.2) is 72.8 Å². The molecule has 214 valence electrons. The molecule has 0 radical (unpaired) electrons. The first-order valence-electron chi connectivity index (χ1n) is 15.4. The second kappa shape index (κ2) is 16.1. The van der Waals surface area contributed by atoms with Crippen molar-refractivity contribution in [3.05, 3.63) is 89.5 Å². The Morgan fingerprint density at radius 3 is 1.88 bits per heavy atom. The number of unbranched alkanes of at least 4 members (excludes halogenated alkanes) is 4. The van der Waals surface area contributed by atoms with Gasteiger partial charge in [0.05, 0.1) is 18.8 Å². The van der Waals surface area contributed by atoms with E-state index in [9.17, 15) is 4.79 Å². The summed E-state index contributed by atoms with van der Waals surface area (Å²) < 4.78 is 17.3. The third kappa shape index (κ3) is 9.73. The van der Waals surface area contributed by atoms with Crippen molar-refractivity contribution in [1.29, 1.82) is 0 Å². The highest BCUT2D eigenvalue weighted by atomic mass is 16.5. The molecule has 3 aromatic carbocycles. The van der Waals surface area contributed by atoms with Crippen molar-refractivity contribution in [3.63, 3.8) is 0 Å². The molecule has 0 amide bonds. The normalized spacial score (nSPS) is 16.9. The summed E-state index contributed by atoms with van der Waals surface area (Å²) in [6.07, 6.45) is 13.5. The Hall–Kier alpha value is -3.27. The molecule has 0 bridgehead atoms. The topological polar surface area (TPSA) is 44.8 Å². The van der Waals surface area contributed by atoms with E-state index < -0.39 is 0 Å². The number of rotatable bonds is 15. The van der Waals surface area contributed by atoms with Crippen molar-refractivity contribution in [2.24, 2.45) is 5.92 Å². The third-order valence-electron chi connectivity index (χ3n) is 7.99. The fourth-order valence-corrected chi connectivity index (χ4v) is 5.38. The van der Waals surface area contributed by atoms with Gasteiger partial charge in [-0.05, 0) is 97.2 Å². The first-order valence-corrected chi connectivity index (χ1v) is 15.4. The second-order valence-corrected chi connectivity index (χ2v) is 11.3.